The van der Waals surface area contributed by atoms with Crippen molar-refractivity contribution in [2.45, 2.75) is 0 Å². The number of hydrogen-bond acceptors (Lipinski definition) is 3. The first kappa shape index (κ1) is 9.38. The van der Waals surface area contributed by atoms with Gasteiger partial charge >= 0.3 is 0 Å². The van der Waals surface area contributed by atoms with Crippen molar-refractivity contribution in [2.75, 3.05) is 0 Å². The number of benzene rings is 1. The van der Waals surface area contributed by atoms with E-state index in [1.54, 1.807) is 11.0 Å². The fourth-order valence-electron chi connectivity index (χ4n) is 0.860. The molecule has 1 aromatic carbocycles. The van der Waals surface area contributed by atoms with Crippen molar-refractivity contribution in [3.63, 3.8) is 0 Å². The van der Waals surface area contributed by atoms with E-state index in [0.29, 0.717) is 0 Å². The van der Waals surface area contributed by atoms with Crippen LogP contribution in [0.3, 0.4) is 0 Å². The van der Waals surface area contributed by atoms with E-state index in [1.165, 1.54) is 0 Å². The molecule has 12 heavy (non-hydrogen) atoms. The molecule has 0 unspecified atom stereocenters. The monoisotopic (exact) mass is 169 g/mol. The van der Waals surface area contributed by atoms with Gasteiger partial charge < -0.3 is 0 Å². The molecule has 0 saturated carbocycles. The minimum Gasteiger partial charge on any atom is -0.201 e. The molecule has 2 aromatic rings. The summed E-state index contributed by atoms with van der Waals surface area (Å²) in [5.74, 6) is 0. The van der Waals surface area contributed by atoms with Crippen molar-refractivity contribution in [1.29, 1.82) is 0 Å². The van der Waals surface area contributed by atoms with Gasteiger partial charge in [-0.3, -0.25) is 0 Å². The van der Waals surface area contributed by atoms with Crippen LogP contribution in [0, 0.1) is 0 Å². The predicted molar refractivity (Wildman–Crippen MR) is 44.9 cm³/mol. The summed E-state index contributed by atoms with van der Waals surface area (Å²) in [6.07, 6.45) is 1.56. The largest absolute Gasteiger partial charge is 0.201 e. The smallest absolute Gasteiger partial charge is 0.143 e. The summed E-state index contributed by atoms with van der Waals surface area (Å²) in [4.78, 5) is 0. The zero-order valence-corrected chi connectivity index (χ0v) is 8.75. The number of nitrogens with zero attached hydrogens (tertiary/aromatic N) is 4. The number of aromatic nitrogens is 4. The maximum atomic E-state index is 3.74. The molecule has 0 fully saturated rings. The van der Waals surface area contributed by atoms with Gasteiger partial charge in [-0.1, -0.05) is 18.2 Å². The second kappa shape index (κ2) is 4.35. The van der Waals surface area contributed by atoms with Crippen molar-refractivity contribution in [1.82, 2.24) is 20.2 Å². The Morgan fingerprint density at radius 1 is 1.08 bits per heavy atom. The van der Waals surface area contributed by atoms with Gasteiger partial charge in [0.1, 0.15) is 6.33 Å². The Hall–Kier alpha value is -0.710. The van der Waals surface area contributed by atoms with Gasteiger partial charge in [0.2, 0.25) is 0 Å². The maximum absolute atomic E-state index is 3.74. The van der Waals surface area contributed by atoms with Crippen LogP contribution in [0.1, 0.15) is 0 Å². The Morgan fingerprint density at radius 3 is 2.42 bits per heavy atom. The number of para-hydroxylation sites is 1. The molecule has 2 rings (SSSR count). The Labute approximate surface area is 91.9 Å². The number of tetrazole rings is 1. The predicted octanol–water partition coefficient (Wildman–Crippen LogP) is 0.281. The molecule has 0 atom stereocenters. The van der Waals surface area contributed by atoms with E-state index in [1.807, 2.05) is 30.3 Å². The summed E-state index contributed by atoms with van der Waals surface area (Å²) in [6.45, 7) is 0. The molecule has 1 heterocycles. The fraction of sp³-hybridized carbons (Fsp3) is 0. The molecule has 4 nitrogen and oxygen atoms in total. The normalized spacial score (nSPS) is 9.00. The molecule has 0 spiro atoms. The standard InChI is InChI=1S/C7H6N4.Na/c1-2-4-7(5-3-1)11-6-8-9-10-11;/h1-6H;. The summed E-state index contributed by atoms with van der Waals surface area (Å²) in [7, 11) is 0. The Balaban J connectivity index is 0.000000720. The van der Waals surface area contributed by atoms with Gasteiger partial charge in [-0.05, 0) is 22.6 Å². The minimum absolute atomic E-state index is 0. The molecule has 5 heteroatoms. The molecule has 0 aliphatic carbocycles. The van der Waals surface area contributed by atoms with Gasteiger partial charge in [0, 0.05) is 29.6 Å². The summed E-state index contributed by atoms with van der Waals surface area (Å²) < 4.78 is 1.61. The van der Waals surface area contributed by atoms with Crippen LogP contribution in [-0.2, 0) is 0 Å². The van der Waals surface area contributed by atoms with Crippen LogP contribution in [0.25, 0.3) is 5.69 Å². The molecule has 0 bridgehead atoms. The van der Waals surface area contributed by atoms with E-state index in [4.69, 9.17) is 0 Å². The van der Waals surface area contributed by atoms with Crippen LogP contribution < -0.4 is 0 Å². The molecule has 1 aromatic heterocycles. The van der Waals surface area contributed by atoms with E-state index in [2.05, 4.69) is 15.5 Å². The molecule has 0 aliphatic heterocycles. The summed E-state index contributed by atoms with van der Waals surface area (Å²) in [5.41, 5.74) is 0.970. The SMILES string of the molecule is [Na].c1ccc(-n2cnnn2)cc1. The zero-order chi connectivity index (χ0) is 7.52. The van der Waals surface area contributed by atoms with Gasteiger partial charge in [0.15, 0.2) is 0 Å². The van der Waals surface area contributed by atoms with Gasteiger partial charge in [-0.25, -0.2) is 4.68 Å². The average Bonchev–Trinajstić information content (AvgIpc) is 2.58. The minimum atomic E-state index is 0. The Bertz CT molecular complexity index is 318. The molecule has 55 valence electrons. The molecule has 1 radical (unpaired) electrons. The second-order valence-corrected chi connectivity index (χ2v) is 2.09. The number of hydrogen-bond donors (Lipinski definition) is 0. The van der Waals surface area contributed by atoms with Crippen molar-refractivity contribution < 1.29 is 0 Å². The summed E-state index contributed by atoms with van der Waals surface area (Å²) >= 11 is 0. The van der Waals surface area contributed by atoms with Crippen LogP contribution in [-0.4, -0.2) is 49.8 Å². The van der Waals surface area contributed by atoms with Crippen LogP contribution in [0.15, 0.2) is 36.7 Å². The quantitative estimate of drug-likeness (QED) is 0.576. The third-order valence-corrected chi connectivity index (χ3v) is 1.37. The van der Waals surface area contributed by atoms with E-state index < -0.39 is 0 Å². The van der Waals surface area contributed by atoms with Crippen molar-refractivity contribution >= 4 is 29.6 Å². The van der Waals surface area contributed by atoms with Crippen molar-refractivity contribution in [3.05, 3.63) is 36.7 Å². The average molecular weight is 169 g/mol. The molecular weight excluding hydrogens is 163 g/mol. The third-order valence-electron chi connectivity index (χ3n) is 1.37. The van der Waals surface area contributed by atoms with Crippen LogP contribution in [0.5, 0.6) is 0 Å². The third kappa shape index (κ3) is 1.91. The van der Waals surface area contributed by atoms with Gasteiger partial charge in [0.25, 0.3) is 0 Å². The molecular formula is C7H6N4Na. The van der Waals surface area contributed by atoms with Gasteiger partial charge in [-0.2, -0.15) is 0 Å². The molecule has 0 aliphatic rings. The van der Waals surface area contributed by atoms with Crippen LogP contribution >= 0.6 is 0 Å². The first-order valence-electron chi connectivity index (χ1n) is 3.25. The first-order valence-corrected chi connectivity index (χ1v) is 3.25. The van der Waals surface area contributed by atoms with E-state index in [9.17, 15) is 0 Å². The maximum Gasteiger partial charge on any atom is 0.143 e. The molecule has 0 N–H and O–H groups in total. The van der Waals surface area contributed by atoms with Crippen LogP contribution in [0.2, 0.25) is 0 Å². The van der Waals surface area contributed by atoms with Gasteiger partial charge in [-0.15, -0.1) is 5.10 Å². The number of rotatable bonds is 1. The van der Waals surface area contributed by atoms with E-state index >= 15 is 0 Å². The van der Waals surface area contributed by atoms with Crippen molar-refractivity contribution in [3.8, 4) is 5.69 Å². The van der Waals surface area contributed by atoms with Gasteiger partial charge in [0.05, 0.1) is 5.69 Å². The zero-order valence-electron chi connectivity index (χ0n) is 6.75. The van der Waals surface area contributed by atoms with Crippen LogP contribution in [0.4, 0.5) is 0 Å². The molecule has 0 amide bonds. The van der Waals surface area contributed by atoms with Crippen molar-refractivity contribution in [2.24, 2.45) is 0 Å². The summed E-state index contributed by atoms with van der Waals surface area (Å²) in [6, 6.07) is 9.72. The fourth-order valence-corrected chi connectivity index (χ4v) is 0.860. The molecule has 0 saturated heterocycles. The first-order chi connectivity index (χ1) is 5.47. The second-order valence-electron chi connectivity index (χ2n) is 2.09. The Kier molecular flexibility index (Phi) is 3.40. The summed E-state index contributed by atoms with van der Waals surface area (Å²) in [5, 5.41) is 10.8. The topological polar surface area (TPSA) is 43.6 Å². The van der Waals surface area contributed by atoms with E-state index in [-0.39, 0.29) is 29.6 Å². The Morgan fingerprint density at radius 2 is 1.83 bits per heavy atom. The van der Waals surface area contributed by atoms with E-state index in [0.717, 1.165) is 5.69 Å².